The van der Waals surface area contributed by atoms with Gasteiger partial charge in [0.15, 0.2) is 0 Å². The Kier molecular flexibility index (Phi) is 4.14. The van der Waals surface area contributed by atoms with Crippen LogP contribution in [0.25, 0.3) is 11.3 Å². The molecule has 108 valence electrons. The lowest BCUT2D eigenvalue weighted by atomic mass is 10.0. The van der Waals surface area contributed by atoms with Gasteiger partial charge in [-0.3, -0.25) is 0 Å². The third-order valence-electron chi connectivity index (χ3n) is 3.43. The molecular formula is C16H23N3O. The second-order valence-corrected chi connectivity index (χ2v) is 5.47. The van der Waals surface area contributed by atoms with Crippen molar-refractivity contribution in [3.05, 3.63) is 34.8 Å². The molecule has 1 aromatic heterocycles. The molecule has 0 amide bonds. The van der Waals surface area contributed by atoms with Gasteiger partial charge in [0.2, 0.25) is 0 Å². The molecule has 4 nitrogen and oxygen atoms in total. The Morgan fingerprint density at radius 2 is 2.00 bits per heavy atom. The van der Waals surface area contributed by atoms with Crippen LogP contribution in [0.3, 0.4) is 0 Å². The van der Waals surface area contributed by atoms with Crippen molar-refractivity contribution >= 4 is 0 Å². The fourth-order valence-corrected chi connectivity index (χ4v) is 2.47. The Bertz CT molecular complexity index is 614. The minimum absolute atomic E-state index is 0.339. The summed E-state index contributed by atoms with van der Waals surface area (Å²) in [4.78, 5) is 8.05. The molecule has 2 rings (SSSR count). The predicted molar refractivity (Wildman–Crippen MR) is 82.0 cm³/mol. The van der Waals surface area contributed by atoms with E-state index in [0.29, 0.717) is 12.5 Å². The molecule has 2 aromatic rings. The van der Waals surface area contributed by atoms with Crippen molar-refractivity contribution in [3.8, 4) is 17.0 Å². The molecule has 4 heteroatoms. The SMILES string of the molecule is COc1c(C)cc(C)cc1-c1nc(C(C)C)[nH]c1CN. The van der Waals surface area contributed by atoms with Gasteiger partial charge in [-0.2, -0.15) is 0 Å². The van der Waals surface area contributed by atoms with Crippen molar-refractivity contribution < 1.29 is 4.74 Å². The van der Waals surface area contributed by atoms with Crippen molar-refractivity contribution in [2.45, 2.75) is 40.2 Å². The van der Waals surface area contributed by atoms with E-state index in [-0.39, 0.29) is 0 Å². The Balaban J connectivity index is 2.67. The third-order valence-corrected chi connectivity index (χ3v) is 3.43. The summed E-state index contributed by atoms with van der Waals surface area (Å²) >= 11 is 0. The normalized spacial score (nSPS) is 11.2. The number of hydrogen-bond donors (Lipinski definition) is 2. The maximum atomic E-state index is 5.86. The average Bonchev–Trinajstić information content (AvgIpc) is 2.82. The maximum Gasteiger partial charge on any atom is 0.131 e. The molecule has 20 heavy (non-hydrogen) atoms. The molecule has 0 radical (unpaired) electrons. The van der Waals surface area contributed by atoms with E-state index in [1.165, 1.54) is 5.56 Å². The number of rotatable bonds is 4. The zero-order chi connectivity index (χ0) is 14.9. The zero-order valence-electron chi connectivity index (χ0n) is 12.9. The van der Waals surface area contributed by atoms with Crippen LogP contribution in [0, 0.1) is 13.8 Å². The number of nitrogens with two attached hydrogens (primary N) is 1. The van der Waals surface area contributed by atoms with Crippen LogP contribution in [-0.4, -0.2) is 17.1 Å². The Morgan fingerprint density at radius 3 is 2.55 bits per heavy atom. The second-order valence-electron chi connectivity index (χ2n) is 5.47. The van der Waals surface area contributed by atoms with Gasteiger partial charge in [0, 0.05) is 18.0 Å². The number of aromatic amines is 1. The fourth-order valence-electron chi connectivity index (χ4n) is 2.47. The summed E-state index contributed by atoms with van der Waals surface area (Å²) < 4.78 is 5.56. The van der Waals surface area contributed by atoms with E-state index in [9.17, 15) is 0 Å². The van der Waals surface area contributed by atoms with Crippen molar-refractivity contribution in [1.82, 2.24) is 9.97 Å². The van der Waals surface area contributed by atoms with E-state index in [4.69, 9.17) is 15.5 Å². The van der Waals surface area contributed by atoms with Crippen molar-refractivity contribution in [1.29, 1.82) is 0 Å². The standard InChI is InChI=1S/C16H23N3O/c1-9(2)16-18-13(8-17)14(19-16)12-7-10(3)6-11(4)15(12)20-5/h6-7,9H,8,17H2,1-5H3,(H,18,19). The number of imidazole rings is 1. The number of H-pyrrole nitrogens is 1. The van der Waals surface area contributed by atoms with Gasteiger partial charge in [0.05, 0.1) is 18.5 Å². The van der Waals surface area contributed by atoms with Crippen LogP contribution >= 0.6 is 0 Å². The van der Waals surface area contributed by atoms with E-state index < -0.39 is 0 Å². The molecule has 0 aliphatic rings. The van der Waals surface area contributed by atoms with Gasteiger partial charge in [-0.25, -0.2) is 4.98 Å². The molecule has 0 spiro atoms. The summed E-state index contributed by atoms with van der Waals surface area (Å²) in [6, 6.07) is 4.21. The molecule has 1 aromatic carbocycles. The maximum absolute atomic E-state index is 5.86. The second kappa shape index (κ2) is 5.67. The quantitative estimate of drug-likeness (QED) is 0.898. The molecular weight excluding hydrogens is 250 g/mol. The lowest BCUT2D eigenvalue weighted by Crippen LogP contribution is -2.00. The van der Waals surface area contributed by atoms with Crippen molar-refractivity contribution in [2.75, 3.05) is 7.11 Å². The first-order valence-corrected chi connectivity index (χ1v) is 6.92. The number of benzene rings is 1. The van der Waals surface area contributed by atoms with Gasteiger partial charge < -0.3 is 15.5 Å². The number of methoxy groups -OCH3 is 1. The number of aryl methyl sites for hydroxylation is 2. The highest BCUT2D eigenvalue weighted by Crippen LogP contribution is 2.35. The minimum Gasteiger partial charge on any atom is -0.496 e. The van der Waals surface area contributed by atoms with Crippen molar-refractivity contribution in [2.24, 2.45) is 5.73 Å². The Hall–Kier alpha value is -1.81. The Morgan fingerprint density at radius 1 is 1.30 bits per heavy atom. The molecule has 0 saturated carbocycles. The van der Waals surface area contributed by atoms with E-state index in [1.807, 2.05) is 6.92 Å². The number of nitrogens with zero attached hydrogens (tertiary/aromatic N) is 1. The summed E-state index contributed by atoms with van der Waals surface area (Å²) in [5.41, 5.74) is 11.0. The summed E-state index contributed by atoms with van der Waals surface area (Å²) in [7, 11) is 1.69. The first-order chi connectivity index (χ1) is 9.47. The number of nitrogens with one attached hydrogen (secondary N) is 1. The number of hydrogen-bond acceptors (Lipinski definition) is 3. The van der Waals surface area contributed by atoms with Crippen LogP contribution in [0.15, 0.2) is 12.1 Å². The zero-order valence-corrected chi connectivity index (χ0v) is 12.9. The highest BCUT2D eigenvalue weighted by molar-refractivity contribution is 5.72. The molecule has 0 fully saturated rings. The van der Waals surface area contributed by atoms with Gasteiger partial charge in [0.1, 0.15) is 11.6 Å². The van der Waals surface area contributed by atoms with Crippen LogP contribution in [-0.2, 0) is 6.54 Å². The van der Waals surface area contributed by atoms with Gasteiger partial charge in [0.25, 0.3) is 0 Å². The van der Waals surface area contributed by atoms with Gasteiger partial charge in [-0.1, -0.05) is 19.9 Å². The molecule has 3 N–H and O–H groups in total. The van der Waals surface area contributed by atoms with E-state index >= 15 is 0 Å². The van der Waals surface area contributed by atoms with Crippen molar-refractivity contribution in [3.63, 3.8) is 0 Å². The molecule has 0 unspecified atom stereocenters. The van der Waals surface area contributed by atoms with E-state index in [0.717, 1.165) is 34.1 Å². The monoisotopic (exact) mass is 273 g/mol. The first kappa shape index (κ1) is 14.6. The van der Waals surface area contributed by atoms with Crippen LogP contribution in [0.5, 0.6) is 5.75 Å². The summed E-state index contributed by atoms with van der Waals surface area (Å²) in [5.74, 6) is 2.17. The van der Waals surface area contributed by atoms with E-state index in [2.05, 4.69) is 37.9 Å². The number of aromatic nitrogens is 2. The smallest absolute Gasteiger partial charge is 0.131 e. The predicted octanol–water partition coefficient (Wildman–Crippen LogP) is 3.28. The van der Waals surface area contributed by atoms with Crippen LogP contribution in [0.2, 0.25) is 0 Å². The van der Waals surface area contributed by atoms with Gasteiger partial charge in [-0.15, -0.1) is 0 Å². The topological polar surface area (TPSA) is 63.9 Å². The minimum atomic E-state index is 0.339. The van der Waals surface area contributed by atoms with Gasteiger partial charge in [-0.05, 0) is 31.0 Å². The molecule has 0 atom stereocenters. The highest BCUT2D eigenvalue weighted by Gasteiger charge is 2.18. The molecule has 1 heterocycles. The average molecular weight is 273 g/mol. The Labute approximate surface area is 120 Å². The first-order valence-electron chi connectivity index (χ1n) is 6.92. The largest absolute Gasteiger partial charge is 0.496 e. The molecule has 0 saturated heterocycles. The summed E-state index contributed by atoms with van der Waals surface area (Å²) in [6.45, 7) is 8.79. The highest BCUT2D eigenvalue weighted by atomic mass is 16.5. The van der Waals surface area contributed by atoms with E-state index in [1.54, 1.807) is 7.11 Å². The summed E-state index contributed by atoms with van der Waals surface area (Å²) in [5, 5.41) is 0. The molecule has 0 bridgehead atoms. The molecule has 0 aliphatic carbocycles. The third kappa shape index (κ3) is 2.56. The molecule has 0 aliphatic heterocycles. The lowest BCUT2D eigenvalue weighted by molar-refractivity contribution is 0.413. The fraction of sp³-hybridized carbons (Fsp3) is 0.438. The van der Waals surface area contributed by atoms with Crippen LogP contribution < -0.4 is 10.5 Å². The number of ether oxygens (including phenoxy) is 1. The lowest BCUT2D eigenvalue weighted by Gasteiger charge is -2.12. The van der Waals surface area contributed by atoms with Crippen LogP contribution in [0.4, 0.5) is 0 Å². The van der Waals surface area contributed by atoms with Crippen LogP contribution in [0.1, 0.15) is 42.4 Å². The summed E-state index contributed by atoms with van der Waals surface area (Å²) in [6.07, 6.45) is 0. The van der Waals surface area contributed by atoms with Gasteiger partial charge >= 0.3 is 0 Å².